The molecule has 0 aliphatic heterocycles. The molecule has 1 aliphatic carbocycles. The number of likely N-dealkylation sites (N-methyl/N-ethyl adjacent to an activating group) is 1. The van der Waals surface area contributed by atoms with Crippen LogP contribution in [0.15, 0.2) is 17.2 Å². The molecule has 0 unspecified atom stereocenters. The van der Waals surface area contributed by atoms with Gasteiger partial charge in [0.1, 0.15) is 0 Å². The van der Waals surface area contributed by atoms with Crippen molar-refractivity contribution in [3.63, 3.8) is 0 Å². The Kier molecular flexibility index (Phi) is 3.01. The molecule has 82 valence electrons. The zero-order valence-electron chi connectivity index (χ0n) is 8.86. The van der Waals surface area contributed by atoms with E-state index in [1.807, 2.05) is 7.05 Å². The van der Waals surface area contributed by atoms with E-state index in [9.17, 15) is 4.79 Å². The number of nitrogens with zero attached hydrogens (tertiary/aromatic N) is 2. The number of nitrogens with one attached hydrogen (secondary N) is 2. The molecule has 1 aliphatic rings. The van der Waals surface area contributed by atoms with Gasteiger partial charge in [-0.1, -0.05) is 0 Å². The number of hydrogen-bond acceptors (Lipinski definition) is 4. The highest BCUT2D eigenvalue weighted by molar-refractivity contribution is 5.31. The van der Waals surface area contributed by atoms with Gasteiger partial charge in [-0.05, 0) is 19.9 Å². The summed E-state index contributed by atoms with van der Waals surface area (Å²) in [5, 5.41) is 6.04. The monoisotopic (exact) mass is 208 g/mol. The van der Waals surface area contributed by atoms with Crippen molar-refractivity contribution in [1.29, 1.82) is 0 Å². The quantitative estimate of drug-likeness (QED) is 0.679. The van der Waals surface area contributed by atoms with E-state index in [1.54, 1.807) is 17.0 Å². The van der Waals surface area contributed by atoms with Crippen LogP contribution in [0.2, 0.25) is 0 Å². The molecule has 0 bridgehead atoms. The molecule has 0 radical (unpaired) electrons. The van der Waals surface area contributed by atoms with E-state index in [1.165, 1.54) is 0 Å². The van der Waals surface area contributed by atoms with Gasteiger partial charge < -0.3 is 15.2 Å². The summed E-state index contributed by atoms with van der Waals surface area (Å²) >= 11 is 0. The van der Waals surface area contributed by atoms with Crippen LogP contribution in [0, 0.1) is 0 Å². The van der Waals surface area contributed by atoms with Crippen molar-refractivity contribution in [2.45, 2.75) is 18.9 Å². The molecular formula is C10H16N4O. The number of anilines is 1. The third-order valence-corrected chi connectivity index (χ3v) is 2.48. The molecule has 1 aromatic rings. The largest absolute Gasteiger partial charge is 0.364 e. The zero-order chi connectivity index (χ0) is 10.7. The first-order valence-corrected chi connectivity index (χ1v) is 5.28. The van der Waals surface area contributed by atoms with Crippen molar-refractivity contribution in [3.8, 4) is 0 Å². The molecule has 1 saturated carbocycles. The fraction of sp³-hybridized carbons (Fsp3) is 0.600. The molecule has 0 amide bonds. The molecule has 5 nitrogen and oxygen atoms in total. The van der Waals surface area contributed by atoms with Gasteiger partial charge >= 0.3 is 0 Å². The van der Waals surface area contributed by atoms with Crippen molar-refractivity contribution < 1.29 is 0 Å². The minimum Gasteiger partial charge on any atom is -0.364 e. The average Bonchev–Trinajstić information content (AvgIpc) is 3.05. The van der Waals surface area contributed by atoms with Gasteiger partial charge in [0.2, 0.25) is 0 Å². The van der Waals surface area contributed by atoms with Gasteiger partial charge in [-0.3, -0.25) is 4.79 Å². The Morgan fingerprint density at radius 1 is 1.53 bits per heavy atom. The van der Waals surface area contributed by atoms with Gasteiger partial charge in [0.05, 0.1) is 0 Å². The lowest BCUT2D eigenvalue weighted by Crippen LogP contribution is -2.26. The highest BCUT2D eigenvalue weighted by atomic mass is 16.1. The van der Waals surface area contributed by atoms with Crippen LogP contribution in [-0.2, 0) is 0 Å². The van der Waals surface area contributed by atoms with Gasteiger partial charge in [-0.15, -0.1) is 0 Å². The summed E-state index contributed by atoms with van der Waals surface area (Å²) in [6.45, 7) is 1.53. The van der Waals surface area contributed by atoms with Crippen LogP contribution >= 0.6 is 0 Å². The lowest BCUT2D eigenvalue weighted by molar-refractivity contribution is 0.698. The molecule has 0 spiro atoms. The smallest absolute Gasteiger partial charge is 0.293 e. The van der Waals surface area contributed by atoms with Crippen LogP contribution in [0.5, 0.6) is 0 Å². The van der Waals surface area contributed by atoms with Gasteiger partial charge in [-0.25, -0.2) is 4.98 Å². The van der Waals surface area contributed by atoms with Crippen molar-refractivity contribution in [3.05, 3.63) is 22.7 Å². The first-order valence-electron chi connectivity index (χ1n) is 5.28. The third-order valence-electron chi connectivity index (χ3n) is 2.48. The van der Waals surface area contributed by atoms with Gasteiger partial charge in [0.15, 0.2) is 5.82 Å². The van der Waals surface area contributed by atoms with Crippen molar-refractivity contribution in [1.82, 2.24) is 14.9 Å². The molecule has 0 aromatic carbocycles. The molecule has 1 heterocycles. The normalized spacial score (nSPS) is 15.3. The molecule has 2 rings (SSSR count). The SMILES string of the molecule is CNCCNc1nccn(C2CC2)c1=O. The summed E-state index contributed by atoms with van der Waals surface area (Å²) in [5.41, 5.74) is -0.00361. The maximum absolute atomic E-state index is 11.9. The predicted molar refractivity (Wildman–Crippen MR) is 59.2 cm³/mol. The molecule has 1 fully saturated rings. The summed E-state index contributed by atoms with van der Waals surface area (Å²) < 4.78 is 1.77. The fourth-order valence-corrected chi connectivity index (χ4v) is 1.49. The second kappa shape index (κ2) is 4.44. The van der Waals surface area contributed by atoms with Crippen LogP contribution in [0.1, 0.15) is 18.9 Å². The van der Waals surface area contributed by atoms with Gasteiger partial charge in [-0.2, -0.15) is 0 Å². The Bertz CT molecular complexity index is 383. The van der Waals surface area contributed by atoms with E-state index >= 15 is 0 Å². The van der Waals surface area contributed by atoms with Crippen molar-refractivity contribution in [2.24, 2.45) is 0 Å². The topological polar surface area (TPSA) is 59.0 Å². The van der Waals surface area contributed by atoms with Crippen molar-refractivity contribution in [2.75, 3.05) is 25.5 Å². The fourth-order valence-electron chi connectivity index (χ4n) is 1.49. The van der Waals surface area contributed by atoms with E-state index in [4.69, 9.17) is 0 Å². The maximum Gasteiger partial charge on any atom is 0.293 e. The molecule has 5 heteroatoms. The van der Waals surface area contributed by atoms with Crippen LogP contribution in [0.25, 0.3) is 0 Å². The second-order valence-electron chi connectivity index (χ2n) is 3.75. The predicted octanol–water partition coefficient (Wildman–Crippen LogP) is 0.209. The third kappa shape index (κ3) is 2.36. The lowest BCUT2D eigenvalue weighted by atomic mass is 10.5. The first kappa shape index (κ1) is 10.2. The minimum atomic E-state index is -0.00361. The van der Waals surface area contributed by atoms with E-state index < -0.39 is 0 Å². The van der Waals surface area contributed by atoms with E-state index in [0.717, 1.165) is 19.4 Å². The average molecular weight is 208 g/mol. The van der Waals surface area contributed by atoms with E-state index in [-0.39, 0.29) is 5.56 Å². The molecule has 1 aromatic heterocycles. The van der Waals surface area contributed by atoms with Crippen LogP contribution < -0.4 is 16.2 Å². The summed E-state index contributed by atoms with van der Waals surface area (Å²) in [4.78, 5) is 15.9. The highest BCUT2D eigenvalue weighted by Gasteiger charge is 2.25. The number of aromatic nitrogens is 2. The maximum atomic E-state index is 11.9. The minimum absolute atomic E-state index is 0.00361. The van der Waals surface area contributed by atoms with Crippen LogP contribution in [-0.4, -0.2) is 29.7 Å². The van der Waals surface area contributed by atoms with E-state index in [0.29, 0.717) is 18.4 Å². The van der Waals surface area contributed by atoms with Crippen LogP contribution in [0.4, 0.5) is 5.82 Å². The summed E-state index contributed by atoms with van der Waals surface area (Å²) in [7, 11) is 1.88. The summed E-state index contributed by atoms with van der Waals surface area (Å²) in [6.07, 6.45) is 5.67. The van der Waals surface area contributed by atoms with Crippen molar-refractivity contribution >= 4 is 5.82 Å². The Hall–Kier alpha value is -1.36. The Balaban J connectivity index is 2.09. The zero-order valence-corrected chi connectivity index (χ0v) is 8.86. The van der Waals surface area contributed by atoms with E-state index in [2.05, 4.69) is 15.6 Å². The molecule has 2 N–H and O–H groups in total. The lowest BCUT2D eigenvalue weighted by Gasteiger charge is -2.07. The highest BCUT2D eigenvalue weighted by Crippen LogP contribution is 2.33. The summed E-state index contributed by atoms with van der Waals surface area (Å²) in [6, 6.07) is 0.408. The Morgan fingerprint density at radius 2 is 2.33 bits per heavy atom. The number of rotatable bonds is 5. The molecule has 0 saturated heterocycles. The Morgan fingerprint density at radius 3 is 3.00 bits per heavy atom. The van der Waals surface area contributed by atoms with Gasteiger partial charge in [0.25, 0.3) is 5.56 Å². The molecule has 15 heavy (non-hydrogen) atoms. The van der Waals surface area contributed by atoms with Crippen LogP contribution in [0.3, 0.4) is 0 Å². The molecular weight excluding hydrogens is 192 g/mol. The van der Waals surface area contributed by atoms with Gasteiger partial charge in [0, 0.05) is 31.5 Å². The Labute approximate surface area is 88.5 Å². The second-order valence-corrected chi connectivity index (χ2v) is 3.75. The number of hydrogen-bond donors (Lipinski definition) is 2. The molecule has 0 atom stereocenters. The standard InChI is InChI=1S/C10H16N4O/c1-11-4-5-12-9-10(15)14(7-6-13-9)8-2-3-8/h6-8,11H,2-5H2,1H3,(H,12,13). The first-order chi connectivity index (χ1) is 7.33. The summed E-state index contributed by atoms with van der Waals surface area (Å²) in [5.74, 6) is 0.458.